The first-order chi connectivity index (χ1) is 13.4. The van der Waals surface area contributed by atoms with E-state index in [0.717, 1.165) is 11.1 Å². The number of thioether (sulfide) groups is 1. The second kappa shape index (κ2) is 8.53. The molecule has 3 aromatic rings. The van der Waals surface area contributed by atoms with Crippen LogP contribution in [0, 0.1) is 6.92 Å². The van der Waals surface area contributed by atoms with Gasteiger partial charge in [-0.3, -0.25) is 4.79 Å². The van der Waals surface area contributed by atoms with Gasteiger partial charge < -0.3 is 15.9 Å². The van der Waals surface area contributed by atoms with E-state index in [4.69, 9.17) is 22.2 Å². The summed E-state index contributed by atoms with van der Waals surface area (Å²) in [6.07, 6.45) is 0. The molecule has 1 atom stereocenters. The van der Waals surface area contributed by atoms with Gasteiger partial charge in [-0.05, 0) is 43.7 Å². The third-order valence-electron chi connectivity index (χ3n) is 4.19. The fraction of sp³-hybridized carbons (Fsp3) is 0.211. The summed E-state index contributed by atoms with van der Waals surface area (Å²) in [5.74, 6) is 7.08. The molecule has 1 heterocycles. The number of para-hydroxylation sites is 1. The molecule has 0 radical (unpaired) electrons. The molecule has 3 N–H and O–H groups in total. The number of carbonyl (C=O) groups is 1. The Morgan fingerprint density at radius 1 is 1.25 bits per heavy atom. The number of halogens is 1. The summed E-state index contributed by atoms with van der Waals surface area (Å²) in [6.45, 7) is 3.63. The summed E-state index contributed by atoms with van der Waals surface area (Å²) in [6, 6.07) is 12.8. The van der Waals surface area contributed by atoms with E-state index < -0.39 is 5.25 Å². The van der Waals surface area contributed by atoms with Gasteiger partial charge in [0.05, 0.1) is 17.9 Å². The SMILES string of the molecule is COc1ccccc1-c1nnc(SC(C)C(=O)Nc2cccc(Cl)c2C)n1N. The van der Waals surface area contributed by atoms with E-state index in [1.165, 1.54) is 16.4 Å². The Morgan fingerprint density at radius 2 is 2.00 bits per heavy atom. The van der Waals surface area contributed by atoms with Crippen LogP contribution in [0.3, 0.4) is 0 Å². The van der Waals surface area contributed by atoms with E-state index in [-0.39, 0.29) is 5.91 Å². The second-order valence-electron chi connectivity index (χ2n) is 6.04. The lowest BCUT2D eigenvalue weighted by atomic mass is 10.2. The number of ether oxygens (including phenoxy) is 1. The summed E-state index contributed by atoms with van der Waals surface area (Å²) in [4.78, 5) is 12.6. The number of nitrogens with zero attached hydrogens (tertiary/aromatic N) is 3. The van der Waals surface area contributed by atoms with Crippen LogP contribution in [0.2, 0.25) is 5.02 Å². The Morgan fingerprint density at radius 3 is 2.75 bits per heavy atom. The minimum atomic E-state index is -0.449. The molecule has 7 nitrogen and oxygen atoms in total. The number of amides is 1. The first kappa shape index (κ1) is 20.0. The Hall–Kier alpha value is -2.71. The normalized spacial score (nSPS) is 11.9. The summed E-state index contributed by atoms with van der Waals surface area (Å²) in [5, 5.41) is 11.7. The third-order valence-corrected chi connectivity index (χ3v) is 5.66. The molecule has 9 heteroatoms. The van der Waals surface area contributed by atoms with Crippen LogP contribution in [0.4, 0.5) is 5.69 Å². The molecule has 0 aliphatic carbocycles. The van der Waals surface area contributed by atoms with Crippen LogP contribution in [0.15, 0.2) is 47.6 Å². The van der Waals surface area contributed by atoms with Crippen molar-refractivity contribution >= 4 is 35.0 Å². The highest BCUT2D eigenvalue weighted by molar-refractivity contribution is 8.00. The molecule has 1 unspecified atom stereocenters. The van der Waals surface area contributed by atoms with Gasteiger partial charge in [0.2, 0.25) is 11.1 Å². The second-order valence-corrected chi connectivity index (χ2v) is 7.75. The predicted octanol–water partition coefficient (Wildman–Crippen LogP) is 3.75. The maximum absolute atomic E-state index is 12.6. The first-order valence-corrected chi connectivity index (χ1v) is 9.74. The van der Waals surface area contributed by atoms with Gasteiger partial charge in [0.25, 0.3) is 0 Å². The number of benzene rings is 2. The third kappa shape index (κ3) is 4.07. The maximum Gasteiger partial charge on any atom is 0.237 e. The number of nitrogens with one attached hydrogen (secondary N) is 1. The average Bonchev–Trinajstić information content (AvgIpc) is 3.05. The molecule has 0 saturated heterocycles. The number of hydrogen-bond donors (Lipinski definition) is 2. The summed E-state index contributed by atoms with van der Waals surface area (Å²) < 4.78 is 6.71. The number of methoxy groups -OCH3 is 1. The molecule has 3 rings (SSSR count). The number of rotatable bonds is 6. The van der Waals surface area contributed by atoms with Crippen molar-refractivity contribution < 1.29 is 9.53 Å². The number of nitrogen functional groups attached to an aromatic ring is 1. The van der Waals surface area contributed by atoms with E-state index in [2.05, 4.69) is 15.5 Å². The van der Waals surface area contributed by atoms with E-state index in [1.807, 2.05) is 37.3 Å². The molecule has 2 aromatic carbocycles. The molecule has 0 fully saturated rings. The lowest BCUT2D eigenvalue weighted by Crippen LogP contribution is -2.24. The Kier molecular flexibility index (Phi) is 6.11. The number of nitrogens with two attached hydrogens (primary N) is 1. The molecule has 0 saturated carbocycles. The summed E-state index contributed by atoms with van der Waals surface area (Å²) in [5.41, 5.74) is 2.21. The molecule has 1 aromatic heterocycles. The van der Waals surface area contributed by atoms with Gasteiger partial charge >= 0.3 is 0 Å². The van der Waals surface area contributed by atoms with Crippen molar-refractivity contribution in [2.24, 2.45) is 0 Å². The molecule has 0 spiro atoms. The molecule has 146 valence electrons. The highest BCUT2D eigenvalue weighted by atomic mass is 35.5. The minimum absolute atomic E-state index is 0.183. The zero-order valence-electron chi connectivity index (χ0n) is 15.6. The van der Waals surface area contributed by atoms with Crippen molar-refractivity contribution in [3.05, 3.63) is 53.1 Å². The topological polar surface area (TPSA) is 95.1 Å². The Bertz CT molecular complexity index is 1010. The smallest absolute Gasteiger partial charge is 0.237 e. The fourth-order valence-corrected chi connectivity index (χ4v) is 3.50. The van der Waals surface area contributed by atoms with Crippen molar-refractivity contribution in [1.29, 1.82) is 0 Å². The maximum atomic E-state index is 12.6. The van der Waals surface area contributed by atoms with Crippen molar-refractivity contribution in [1.82, 2.24) is 14.9 Å². The highest BCUT2D eigenvalue weighted by Crippen LogP contribution is 2.31. The molecule has 1 amide bonds. The minimum Gasteiger partial charge on any atom is -0.496 e. The molecular weight excluding hydrogens is 398 g/mol. The van der Waals surface area contributed by atoms with Gasteiger partial charge in [0.15, 0.2) is 5.82 Å². The van der Waals surface area contributed by atoms with Gasteiger partial charge in [-0.1, -0.05) is 41.6 Å². The van der Waals surface area contributed by atoms with Gasteiger partial charge in [-0.15, -0.1) is 10.2 Å². The van der Waals surface area contributed by atoms with E-state index in [0.29, 0.717) is 27.4 Å². The summed E-state index contributed by atoms with van der Waals surface area (Å²) in [7, 11) is 1.58. The number of aromatic nitrogens is 3. The van der Waals surface area contributed by atoms with Crippen LogP contribution in [0.5, 0.6) is 5.75 Å². The standard InChI is InChI=1S/C19H20ClN5O2S/c1-11-14(20)8-6-9-15(11)22-18(26)12(2)28-19-24-23-17(25(19)21)13-7-4-5-10-16(13)27-3/h4-10,12H,21H2,1-3H3,(H,22,26). The molecule has 0 aliphatic heterocycles. The summed E-state index contributed by atoms with van der Waals surface area (Å²) >= 11 is 7.32. The van der Waals surface area contributed by atoms with Crippen molar-refractivity contribution in [2.75, 3.05) is 18.3 Å². The fourth-order valence-electron chi connectivity index (χ4n) is 2.56. The number of carbonyl (C=O) groups excluding carboxylic acids is 1. The molecule has 0 bridgehead atoms. The predicted molar refractivity (Wildman–Crippen MR) is 112 cm³/mol. The van der Waals surface area contributed by atoms with Gasteiger partial charge in [0, 0.05) is 10.7 Å². The van der Waals surface area contributed by atoms with E-state index in [9.17, 15) is 4.79 Å². The Labute approximate surface area is 172 Å². The van der Waals surface area contributed by atoms with E-state index >= 15 is 0 Å². The van der Waals surface area contributed by atoms with Crippen molar-refractivity contribution in [2.45, 2.75) is 24.3 Å². The first-order valence-electron chi connectivity index (χ1n) is 8.49. The number of hydrogen-bond acceptors (Lipinski definition) is 6. The largest absolute Gasteiger partial charge is 0.496 e. The van der Waals surface area contributed by atoms with Crippen molar-refractivity contribution in [3.63, 3.8) is 0 Å². The van der Waals surface area contributed by atoms with E-state index in [1.54, 1.807) is 26.2 Å². The lowest BCUT2D eigenvalue weighted by Gasteiger charge is -2.14. The van der Waals surface area contributed by atoms with Crippen LogP contribution in [-0.4, -0.2) is 33.1 Å². The average molecular weight is 418 g/mol. The molecular formula is C19H20ClN5O2S. The van der Waals surface area contributed by atoms with Gasteiger partial charge in [-0.25, -0.2) is 4.68 Å². The van der Waals surface area contributed by atoms with Crippen LogP contribution in [-0.2, 0) is 4.79 Å². The van der Waals surface area contributed by atoms with Gasteiger partial charge in [0.1, 0.15) is 5.75 Å². The van der Waals surface area contributed by atoms with Crippen LogP contribution in [0.25, 0.3) is 11.4 Å². The van der Waals surface area contributed by atoms with Crippen LogP contribution < -0.4 is 15.9 Å². The van der Waals surface area contributed by atoms with Crippen LogP contribution >= 0.6 is 23.4 Å². The van der Waals surface area contributed by atoms with Crippen molar-refractivity contribution in [3.8, 4) is 17.1 Å². The molecule has 28 heavy (non-hydrogen) atoms. The lowest BCUT2D eigenvalue weighted by molar-refractivity contribution is -0.115. The quantitative estimate of drug-likeness (QED) is 0.468. The Balaban J connectivity index is 1.76. The zero-order valence-corrected chi connectivity index (χ0v) is 17.2. The monoisotopic (exact) mass is 417 g/mol. The van der Waals surface area contributed by atoms with Gasteiger partial charge in [-0.2, -0.15) is 0 Å². The molecule has 0 aliphatic rings. The number of anilines is 1. The zero-order chi connectivity index (χ0) is 20.3. The van der Waals surface area contributed by atoms with Crippen LogP contribution in [0.1, 0.15) is 12.5 Å². The highest BCUT2D eigenvalue weighted by Gasteiger charge is 2.21.